The summed E-state index contributed by atoms with van der Waals surface area (Å²) in [6.07, 6.45) is 6.06. The Bertz CT molecular complexity index is 1180. The van der Waals surface area contributed by atoms with Gasteiger partial charge in [-0.05, 0) is 50.8 Å². The minimum absolute atomic E-state index is 0.0153. The lowest BCUT2D eigenvalue weighted by molar-refractivity contribution is 0.0910. The number of hydrogen-bond donors (Lipinski definition) is 1. The number of halogens is 1. The van der Waals surface area contributed by atoms with Gasteiger partial charge in [0.2, 0.25) is 15.9 Å². The minimum atomic E-state index is -3.17. The van der Waals surface area contributed by atoms with Gasteiger partial charge in [0, 0.05) is 24.9 Å². The summed E-state index contributed by atoms with van der Waals surface area (Å²) in [6, 6.07) is 7.10. The summed E-state index contributed by atoms with van der Waals surface area (Å²) in [6.45, 7) is 1.87. The summed E-state index contributed by atoms with van der Waals surface area (Å²) >= 11 is 6.28. The molecule has 168 valence electrons. The van der Waals surface area contributed by atoms with Crippen molar-refractivity contribution in [3.63, 3.8) is 0 Å². The van der Waals surface area contributed by atoms with Gasteiger partial charge in [0.1, 0.15) is 18.2 Å². The Balaban J connectivity index is 1.30. The highest BCUT2D eigenvalue weighted by Crippen LogP contribution is 2.43. The first-order valence-corrected chi connectivity index (χ1v) is 12.7. The molecule has 2 unspecified atom stereocenters. The van der Waals surface area contributed by atoms with Crippen molar-refractivity contribution in [3.05, 3.63) is 40.7 Å². The van der Waals surface area contributed by atoms with E-state index in [1.54, 1.807) is 22.5 Å². The maximum absolute atomic E-state index is 12.8. The first-order chi connectivity index (χ1) is 15.4. The van der Waals surface area contributed by atoms with Gasteiger partial charge < -0.3 is 10.1 Å². The number of sulfonamides is 1. The van der Waals surface area contributed by atoms with E-state index in [0.717, 1.165) is 31.2 Å². The van der Waals surface area contributed by atoms with E-state index in [1.165, 1.54) is 6.33 Å². The maximum Gasteiger partial charge on any atom is 0.221 e. The highest BCUT2D eigenvalue weighted by Gasteiger charge is 2.52. The average molecular weight is 474 g/mol. The largest absolute Gasteiger partial charge is 0.474 e. The zero-order valence-corrected chi connectivity index (χ0v) is 19.2. The molecule has 10 heteroatoms. The molecule has 0 spiro atoms. The highest BCUT2D eigenvalue weighted by molar-refractivity contribution is 7.90. The second-order valence-corrected chi connectivity index (χ2v) is 11.3. The second-order valence-electron chi connectivity index (χ2n) is 8.75. The summed E-state index contributed by atoms with van der Waals surface area (Å²) in [4.78, 5) is 8.63. The predicted octanol–water partition coefficient (Wildman–Crippen LogP) is 3.92. The van der Waals surface area contributed by atoms with E-state index in [0.29, 0.717) is 40.8 Å². The highest BCUT2D eigenvalue weighted by atomic mass is 35.5. The molecule has 3 heterocycles. The molecule has 3 aliphatic rings. The Kier molecular flexibility index (Phi) is 5.48. The second kappa shape index (κ2) is 8.18. The Morgan fingerprint density at radius 2 is 1.91 bits per heavy atom. The van der Waals surface area contributed by atoms with Gasteiger partial charge in [0.05, 0.1) is 33.2 Å². The monoisotopic (exact) mass is 473 g/mol. The SMILES string of the molecule is Cc1c(Nc2ccc(C#N)cc2Cl)ncnc1OC1CC2CCC(C1)N2S(=O)(=O)C1CC1. The van der Waals surface area contributed by atoms with Crippen LogP contribution in [0.25, 0.3) is 0 Å². The zero-order chi connectivity index (χ0) is 22.5. The molecule has 32 heavy (non-hydrogen) atoms. The van der Waals surface area contributed by atoms with Crippen LogP contribution in [0.4, 0.5) is 11.5 Å². The molecule has 5 rings (SSSR count). The normalized spacial score (nSPS) is 25.3. The van der Waals surface area contributed by atoms with E-state index < -0.39 is 10.0 Å². The average Bonchev–Trinajstić information content (AvgIpc) is 3.58. The van der Waals surface area contributed by atoms with E-state index >= 15 is 0 Å². The number of ether oxygens (including phenoxy) is 1. The lowest BCUT2D eigenvalue weighted by Crippen LogP contribution is -2.50. The number of hydrogen-bond acceptors (Lipinski definition) is 7. The van der Waals surface area contributed by atoms with Gasteiger partial charge in [-0.1, -0.05) is 11.6 Å². The molecule has 1 aromatic carbocycles. The molecule has 1 N–H and O–H groups in total. The number of fused-ring (bicyclic) bond motifs is 2. The number of nitrogens with one attached hydrogen (secondary N) is 1. The van der Waals surface area contributed by atoms with Gasteiger partial charge in [-0.25, -0.2) is 18.4 Å². The number of nitrogens with zero attached hydrogens (tertiary/aromatic N) is 4. The molecular formula is C22H24ClN5O3S. The third kappa shape index (κ3) is 3.91. The molecule has 1 saturated carbocycles. The first-order valence-electron chi connectivity index (χ1n) is 10.8. The summed E-state index contributed by atoms with van der Waals surface area (Å²) in [5, 5.41) is 12.4. The number of benzene rings is 1. The van der Waals surface area contributed by atoms with Crippen molar-refractivity contribution in [2.75, 3.05) is 5.32 Å². The van der Waals surface area contributed by atoms with Crippen molar-refractivity contribution >= 4 is 33.1 Å². The number of aromatic nitrogens is 2. The molecule has 3 fully saturated rings. The fourth-order valence-electron chi connectivity index (χ4n) is 4.78. The third-order valence-corrected chi connectivity index (χ3v) is 9.34. The van der Waals surface area contributed by atoms with Crippen LogP contribution in [0.5, 0.6) is 5.88 Å². The van der Waals surface area contributed by atoms with Gasteiger partial charge in [0.15, 0.2) is 0 Å². The van der Waals surface area contributed by atoms with Crippen LogP contribution in [0.3, 0.4) is 0 Å². The minimum Gasteiger partial charge on any atom is -0.474 e. The van der Waals surface area contributed by atoms with Gasteiger partial charge in [-0.3, -0.25) is 0 Å². The topological polar surface area (TPSA) is 108 Å². The van der Waals surface area contributed by atoms with Crippen LogP contribution in [0, 0.1) is 18.3 Å². The summed E-state index contributed by atoms with van der Waals surface area (Å²) in [5.41, 5.74) is 1.86. The van der Waals surface area contributed by atoms with Crippen molar-refractivity contribution in [1.29, 1.82) is 5.26 Å². The van der Waals surface area contributed by atoms with E-state index in [4.69, 9.17) is 21.6 Å². The van der Waals surface area contributed by atoms with Crippen molar-refractivity contribution < 1.29 is 13.2 Å². The number of nitriles is 1. The molecule has 0 amide bonds. The van der Waals surface area contributed by atoms with Crippen LogP contribution in [-0.2, 0) is 10.0 Å². The van der Waals surface area contributed by atoms with Crippen LogP contribution < -0.4 is 10.1 Å². The Morgan fingerprint density at radius 1 is 1.19 bits per heavy atom. The molecule has 2 bridgehead atoms. The first kappa shape index (κ1) is 21.4. The van der Waals surface area contributed by atoms with Crippen molar-refractivity contribution in [3.8, 4) is 11.9 Å². The zero-order valence-electron chi connectivity index (χ0n) is 17.7. The molecule has 0 radical (unpaired) electrons. The summed E-state index contributed by atoms with van der Waals surface area (Å²) in [5.74, 6) is 1.05. The molecule has 2 aromatic rings. The van der Waals surface area contributed by atoms with Crippen LogP contribution in [0.2, 0.25) is 5.02 Å². The van der Waals surface area contributed by atoms with Crippen LogP contribution >= 0.6 is 11.6 Å². The molecule has 2 atom stereocenters. The van der Waals surface area contributed by atoms with Gasteiger partial charge in [-0.2, -0.15) is 9.57 Å². The predicted molar refractivity (Wildman–Crippen MR) is 120 cm³/mol. The summed E-state index contributed by atoms with van der Waals surface area (Å²) in [7, 11) is -3.17. The standard InChI is InChI=1S/C22H24ClN5O3S/c1-13-21(27-20-7-2-14(11-24)8-19(20)23)25-12-26-22(13)31-17-9-15-3-4-16(10-17)28(15)32(29,30)18-5-6-18/h2,7-8,12,15-18H,3-6,9-10H2,1H3,(H,25,26,27). The molecular weight excluding hydrogens is 450 g/mol. The Morgan fingerprint density at radius 3 is 2.53 bits per heavy atom. The molecule has 1 aliphatic carbocycles. The molecule has 2 aliphatic heterocycles. The van der Waals surface area contributed by atoms with Crippen LogP contribution in [0.15, 0.2) is 24.5 Å². The van der Waals surface area contributed by atoms with E-state index in [9.17, 15) is 8.42 Å². The van der Waals surface area contributed by atoms with E-state index in [-0.39, 0.29) is 23.4 Å². The van der Waals surface area contributed by atoms with Gasteiger partial charge in [0.25, 0.3) is 0 Å². The third-order valence-electron chi connectivity index (χ3n) is 6.53. The fraction of sp³-hybridized carbons (Fsp3) is 0.500. The van der Waals surface area contributed by atoms with Crippen molar-refractivity contribution in [1.82, 2.24) is 14.3 Å². The lowest BCUT2D eigenvalue weighted by atomic mass is 10.0. The Hall–Kier alpha value is -2.41. The van der Waals surface area contributed by atoms with E-state index in [1.807, 2.05) is 6.92 Å². The van der Waals surface area contributed by atoms with Crippen molar-refractivity contribution in [2.24, 2.45) is 0 Å². The fourth-order valence-corrected chi connectivity index (χ4v) is 7.30. The smallest absolute Gasteiger partial charge is 0.221 e. The number of anilines is 2. The number of piperidine rings is 1. The van der Waals surface area contributed by atoms with Crippen LogP contribution in [0.1, 0.15) is 49.7 Å². The van der Waals surface area contributed by atoms with Crippen LogP contribution in [-0.4, -0.2) is 46.1 Å². The Labute approximate surface area is 192 Å². The van der Waals surface area contributed by atoms with Gasteiger partial charge >= 0.3 is 0 Å². The maximum atomic E-state index is 12.8. The molecule has 1 aromatic heterocycles. The van der Waals surface area contributed by atoms with Crippen molar-refractivity contribution in [2.45, 2.75) is 68.9 Å². The van der Waals surface area contributed by atoms with Gasteiger partial charge in [-0.15, -0.1) is 0 Å². The van der Waals surface area contributed by atoms with E-state index in [2.05, 4.69) is 21.4 Å². The lowest BCUT2D eigenvalue weighted by Gasteiger charge is -2.37. The number of rotatable bonds is 6. The quantitative estimate of drug-likeness (QED) is 0.677. The summed E-state index contributed by atoms with van der Waals surface area (Å²) < 4.78 is 33.7. The molecule has 2 saturated heterocycles. The molecule has 8 nitrogen and oxygen atoms in total.